The minimum absolute atomic E-state index is 0.00786. The van der Waals surface area contributed by atoms with Gasteiger partial charge in [0.1, 0.15) is 22.5 Å². The molecule has 0 aliphatic heterocycles. The Morgan fingerprint density at radius 1 is 1.04 bits per heavy atom. The Morgan fingerprint density at radius 3 is 2.32 bits per heavy atom. The molecule has 0 fully saturated rings. The molecule has 1 N–H and O–H groups in total. The van der Waals surface area contributed by atoms with Crippen LogP contribution in [0.4, 0.5) is 34.8 Å². The Kier molecular flexibility index (Phi) is 5.14. The summed E-state index contributed by atoms with van der Waals surface area (Å²) >= 11 is 5.93. The molecule has 0 aliphatic carbocycles. The first-order chi connectivity index (χ1) is 13.1. The van der Waals surface area contributed by atoms with Crippen molar-refractivity contribution in [3.63, 3.8) is 0 Å². The molecule has 0 bridgehead atoms. The van der Waals surface area contributed by atoms with E-state index in [1.807, 2.05) is 0 Å². The fourth-order valence-corrected chi connectivity index (χ4v) is 2.50. The summed E-state index contributed by atoms with van der Waals surface area (Å²) in [7, 11) is 0. The predicted molar refractivity (Wildman–Crippen MR) is 93.8 cm³/mol. The van der Waals surface area contributed by atoms with Gasteiger partial charge in [0.25, 0.3) is 5.69 Å². The van der Waals surface area contributed by atoms with Gasteiger partial charge in [-0.1, -0.05) is 23.7 Å². The molecule has 3 aromatic rings. The van der Waals surface area contributed by atoms with Crippen LogP contribution >= 0.6 is 11.6 Å². The van der Waals surface area contributed by atoms with Crippen molar-refractivity contribution >= 4 is 28.8 Å². The maximum Gasteiger partial charge on any atom is 0.416 e. The second-order valence-corrected chi connectivity index (χ2v) is 5.91. The van der Waals surface area contributed by atoms with Crippen molar-refractivity contribution in [2.45, 2.75) is 6.18 Å². The van der Waals surface area contributed by atoms with Crippen molar-refractivity contribution in [3.8, 4) is 11.4 Å². The number of aromatic nitrogens is 2. The average molecular weight is 413 g/mol. The summed E-state index contributed by atoms with van der Waals surface area (Å²) in [6, 6.07) is 8.28. The molecule has 28 heavy (non-hydrogen) atoms. The van der Waals surface area contributed by atoms with Gasteiger partial charge in [-0.15, -0.1) is 0 Å². The normalized spacial score (nSPS) is 11.3. The smallest absolute Gasteiger partial charge is 0.334 e. The van der Waals surface area contributed by atoms with Crippen LogP contribution in [0.15, 0.2) is 48.5 Å². The van der Waals surface area contributed by atoms with Crippen molar-refractivity contribution < 1.29 is 22.5 Å². The Morgan fingerprint density at radius 2 is 1.71 bits per heavy atom. The Hall–Kier alpha value is -3.27. The highest BCUT2D eigenvalue weighted by molar-refractivity contribution is 6.29. The van der Waals surface area contributed by atoms with Crippen LogP contribution in [-0.4, -0.2) is 14.9 Å². The lowest BCUT2D eigenvalue weighted by Gasteiger charge is -2.10. The molecule has 3 rings (SSSR count). The maximum absolute atomic E-state index is 13.3. The molecule has 0 amide bonds. The second-order valence-electron chi connectivity index (χ2n) is 5.52. The number of halogens is 5. The molecule has 1 aromatic heterocycles. The molecule has 11 heteroatoms. The standard InChI is InChI=1S/C17H9ClF4N4O2/c18-14-8-15(23-12-6-5-11(19)7-13(12)26(27)28)25-16(24-14)9-1-3-10(4-2-9)17(20,21)22/h1-8H,(H,23,24,25). The molecule has 144 valence electrons. The summed E-state index contributed by atoms with van der Waals surface area (Å²) in [5, 5.41) is 13.7. The molecule has 2 aromatic carbocycles. The first kappa shape index (κ1) is 19.5. The van der Waals surface area contributed by atoms with Gasteiger partial charge in [0, 0.05) is 11.6 Å². The third kappa shape index (κ3) is 4.34. The monoisotopic (exact) mass is 412 g/mol. The maximum atomic E-state index is 13.3. The van der Waals surface area contributed by atoms with Gasteiger partial charge < -0.3 is 5.32 Å². The number of nitrogens with one attached hydrogen (secondary N) is 1. The summed E-state index contributed by atoms with van der Waals surface area (Å²) in [5.74, 6) is -0.735. The average Bonchev–Trinajstić information content (AvgIpc) is 2.62. The zero-order valence-electron chi connectivity index (χ0n) is 13.7. The van der Waals surface area contributed by atoms with E-state index < -0.39 is 28.2 Å². The van der Waals surface area contributed by atoms with Crippen molar-refractivity contribution in [1.82, 2.24) is 9.97 Å². The number of rotatable bonds is 4. The lowest BCUT2D eigenvalue weighted by Crippen LogP contribution is -2.04. The van der Waals surface area contributed by atoms with Gasteiger partial charge in [0.15, 0.2) is 5.82 Å². The van der Waals surface area contributed by atoms with Crippen LogP contribution in [0.2, 0.25) is 5.15 Å². The number of nitro benzene ring substituents is 1. The fraction of sp³-hybridized carbons (Fsp3) is 0.0588. The summed E-state index contributed by atoms with van der Waals surface area (Å²) in [5.41, 5.74) is -1.14. The van der Waals surface area contributed by atoms with Crippen LogP contribution in [0.3, 0.4) is 0 Å². The Bertz CT molecular complexity index is 1040. The van der Waals surface area contributed by atoms with E-state index in [2.05, 4.69) is 15.3 Å². The molecule has 0 aliphatic rings. The van der Waals surface area contributed by atoms with Gasteiger partial charge >= 0.3 is 6.18 Å². The molecule has 0 radical (unpaired) electrons. The van der Waals surface area contributed by atoms with Gasteiger partial charge in [0.2, 0.25) is 0 Å². The highest BCUT2D eigenvalue weighted by Crippen LogP contribution is 2.32. The van der Waals surface area contributed by atoms with Crippen molar-refractivity contribution in [3.05, 3.63) is 75.2 Å². The minimum atomic E-state index is -4.48. The van der Waals surface area contributed by atoms with E-state index in [4.69, 9.17) is 11.6 Å². The van der Waals surface area contributed by atoms with Crippen LogP contribution < -0.4 is 5.32 Å². The first-order valence-electron chi connectivity index (χ1n) is 7.56. The highest BCUT2D eigenvalue weighted by Gasteiger charge is 2.30. The SMILES string of the molecule is O=[N+]([O-])c1cc(F)ccc1Nc1cc(Cl)nc(-c2ccc(C(F)(F)F)cc2)n1. The number of benzene rings is 2. The largest absolute Gasteiger partial charge is 0.416 e. The van der Waals surface area contributed by atoms with Crippen LogP contribution in [-0.2, 0) is 6.18 Å². The fourth-order valence-electron chi connectivity index (χ4n) is 2.32. The number of alkyl halides is 3. The van der Waals surface area contributed by atoms with Crippen LogP contribution in [0.1, 0.15) is 5.56 Å². The lowest BCUT2D eigenvalue weighted by atomic mass is 10.1. The molecule has 0 unspecified atom stereocenters. The molecule has 0 spiro atoms. The van der Waals surface area contributed by atoms with Gasteiger partial charge in [-0.2, -0.15) is 13.2 Å². The van der Waals surface area contributed by atoms with Crippen LogP contribution in [0, 0.1) is 15.9 Å². The molecular formula is C17H9ClF4N4O2. The number of hydrogen-bond donors (Lipinski definition) is 1. The Balaban J connectivity index is 1.96. The zero-order chi connectivity index (χ0) is 20.5. The van der Waals surface area contributed by atoms with Crippen molar-refractivity contribution in [2.75, 3.05) is 5.32 Å². The minimum Gasteiger partial charge on any atom is -0.334 e. The number of nitrogens with zero attached hydrogens (tertiary/aromatic N) is 3. The second kappa shape index (κ2) is 7.39. The summed E-state index contributed by atoms with van der Waals surface area (Å²) < 4.78 is 51.3. The summed E-state index contributed by atoms with van der Waals surface area (Å²) in [6.45, 7) is 0. The highest BCUT2D eigenvalue weighted by atomic mass is 35.5. The quantitative estimate of drug-likeness (QED) is 0.261. The van der Waals surface area contributed by atoms with Gasteiger partial charge in [-0.3, -0.25) is 10.1 Å². The summed E-state index contributed by atoms with van der Waals surface area (Å²) in [6.07, 6.45) is -4.48. The van der Waals surface area contributed by atoms with Gasteiger partial charge in [-0.05, 0) is 24.3 Å². The zero-order valence-corrected chi connectivity index (χ0v) is 14.4. The molecular weight excluding hydrogens is 404 g/mol. The van der Waals surface area contributed by atoms with E-state index in [9.17, 15) is 27.7 Å². The molecule has 0 atom stereocenters. The van der Waals surface area contributed by atoms with E-state index >= 15 is 0 Å². The van der Waals surface area contributed by atoms with Gasteiger partial charge in [0.05, 0.1) is 16.6 Å². The van der Waals surface area contributed by atoms with E-state index in [1.54, 1.807) is 0 Å². The number of nitro groups is 1. The van der Waals surface area contributed by atoms with Crippen molar-refractivity contribution in [1.29, 1.82) is 0 Å². The first-order valence-corrected chi connectivity index (χ1v) is 7.94. The van der Waals surface area contributed by atoms with Gasteiger partial charge in [-0.25, -0.2) is 14.4 Å². The third-order valence-electron chi connectivity index (χ3n) is 3.58. The molecule has 6 nitrogen and oxygen atoms in total. The predicted octanol–water partition coefficient (Wildman–Crippen LogP) is 5.61. The molecule has 0 saturated carbocycles. The van der Waals surface area contributed by atoms with Crippen LogP contribution in [0.25, 0.3) is 11.4 Å². The van der Waals surface area contributed by atoms with E-state index in [-0.39, 0.29) is 28.0 Å². The number of hydrogen-bond acceptors (Lipinski definition) is 5. The topological polar surface area (TPSA) is 81.0 Å². The number of anilines is 2. The van der Waals surface area contributed by atoms with Crippen molar-refractivity contribution in [2.24, 2.45) is 0 Å². The molecule has 0 saturated heterocycles. The van der Waals surface area contributed by atoms with E-state index in [1.165, 1.54) is 18.2 Å². The Labute approximate surface area is 160 Å². The molecule has 1 heterocycles. The third-order valence-corrected chi connectivity index (χ3v) is 3.78. The van der Waals surface area contributed by atoms with Crippen LogP contribution in [0.5, 0.6) is 0 Å². The van der Waals surface area contributed by atoms with E-state index in [0.29, 0.717) is 0 Å². The lowest BCUT2D eigenvalue weighted by molar-refractivity contribution is -0.384. The van der Waals surface area contributed by atoms with E-state index in [0.717, 1.165) is 30.3 Å². The summed E-state index contributed by atoms with van der Waals surface area (Å²) in [4.78, 5) is 18.4.